The fourth-order valence-corrected chi connectivity index (χ4v) is 2.50. The Labute approximate surface area is 121 Å². The third-order valence-corrected chi connectivity index (χ3v) is 3.50. The molecule has 0 fully saturated rings. The second kappa shape index (κ2) is 6.68. The average Bonchev–Trinajstić information content (AvgIpc) is 2.85. The molecule has 1 N–H and O–H groups in total. The van der Waals surface area contributed by atoms with Crippen molar-refractivity contribution in [2.75, 3.05) is 20.6 Å². The summed E-state index contributed by atoms with van der Waals surface area (Å²) >= 11 is 0. The van der Waals surface area contributed by atoms with Gasteiger partial charge in [-0.2, -0.15) is 5.10 Å². The summed E-state index contributed by atoms with van der Waals surface area (Å²) in [6, 6.07) is 13.2. The van der Waals surface area contributed by atoms with Crippen LogP contribution in [0.4, 0.5) is 0 Å². The van der Waals surface area contributed by atoms with Crippen LogP contribution in [0.5, 0.6) is 0 Å². The Hall–Kier alpha value is -1.65. The van der Waals surface area contributed by atoms with E-state index in [-0.39, 0.29) is 6.04 Å². The second-order valence-corrected chi connectivity index (χ2v) is 5.49. The van der Waals surface area contributed by atoms with Gasteiger partial charge in [0.1, 0.15) is 0 Å². The normalized spacial score (nSPS) is 14.4. The molecule has 108 valence electrons. The number of aryl methyl sites for hydroxylation is 1. The lowest BCUT2D eigenvalue weighted by Gasteiger charge is -2.26. The lowest BCUT2D eigenvalue weighted by molar-refractivity contribution is 0.322. The third kappa shape index (κ3) is 3.68. The molecule has 2 atom stereocenters. The lowest BCUT2D eigenvalue weighted by Crippen LogP contribution is -2.33. The zero-order valence-corrected chi connectivity index (χ0v) is 12.7. The molecule has 0 saturated heterocycles. The zero-order chi connectivity index (χ0) is 14.5. The maximum atomic E-state index is 4.24. The van der Waals surface area contributed by atoms with Gasteiger partial charge >= 0.3 is 0 Å². The van der Waals surface area contributed by atoms with E-state index in [0.717, 1.165) is 6.54 Å². The van der Waals surface area contributed by atoms with Gasteiger partial charge in [-0.05, 0) is 32.6 Å². The number of aromatic nitrogens is 2. The van der Waals surface area contributed by atoms with Gasteiger partial charge in [-0.15, -0.1) is 0 Å². The highest BCUT2D eigenvalue weighted by Crippen LogP contribution is 2.19. The molecule has 0 saturated carbocycles. The standard InChI is InChI=1S/C16H24N4/c1-13(16-10-11-17-20(16)4)18-15(12-19(2)3)14-8-6-5-7-9-14/h5-11,13,15,18H,12H2,1-4H3. The number of hydrogen-bond donors (Lipinski definition) is 1. The maximum Gasteiger partial charge on any atom is 0.0547 e. The van der Waals surface area contributed by atoms with Crippen LogP contribution in [-0.4, -0.2) is 35.3 Å². The fourth-order valence-electron chi connectivity index (χ4n) is 2.50. The first kappa shape index (κ1) is 14.8. The smallest absolute Gasteiger partial charge is 0.0547 e. The minimum absolute atomic E-state index is 0.257. The number of likely N-dealkylation sites (N-methyl/N-ethyl adjacent to an activating group) is 1. The van der Waals surface area contributed by atoms with E-state index in [1.54, 1.807) is 0 Å². The van der Waals surface area contributed by atoms with Gasteiger partial charge in [0.2, 0.25) is 0 Å². The van der Waals surface area contributed by atoms with Crippen molar-refractivity contribution < 1.29 is 0 Å². The third-order valence-electron chi connectivity index (χ3n) is 3.50. The summed E-state index contributed by atoms with van der Waals surface area (Å²) in [5.41, 5.74) is 2.51. The minimum atomic E-state index is 0.257. The van der Waals surface area contributed by atoms with Gasteiger partial charge in [0.25, 0.3) is 0 Å². The van der Waals surface area contributed by atoms with Crippen LogP contribution in [0.3, 0.4) is 0 Å². The fraction of sp³-hybridized carbons (Fsp3) is 0.438. The Balaban J connectivity index is 2.14. The lowest BCUT2D eigenvalue weighted by atomic mass is 10.0. The molecule has 0 spiro atoms. The van der Waals surface area contributed by atoms with Crippen molar-refractivity contribution >= 4 is 0 Å². The van der Waals surface area contributed by atoms with Crippen molar-refractivity contribution in [2.45, 2.75) is 19.0 Å². The number of benzene rings is 1. The molecule has 1 aromatic carbocycles. The van der Waals surface area contributed by atoms with Crippen LogP contribution in [0.15, 0.2) is 42.6 Å². The molecular weight excluding hydrogens is 248 g/mol. The van der Waals surface area contributed by atoms with E-state index in [1.165, 1.54) is 11.3 Å². The molecule has 2 aromatic rings. The van der Waals surface area contributed by atoms with Gasteiger partial charge < -0.3 is 10.2 Å². The Morgan fingerprint density at radius 2 is 1.90 bits per heavy atom. The van der Waals surface area contributed by atoms with E-state index < -0.39 is 0 Å². The largest absolute Gasteiger partial charge is 0.308 e. The number of nitrogens with zero attached hydrogens (tertiary/aromatic N) is 3. The van der Waals surface area contributed by atoms with Crippen LogP contribution in [0.2, 0.25) is 0 Å². The van der Waals surface area contributed by atoms with Gasteiger partial charge in [-0.25, -0.2) is 0 Å². The summed E-state index contributed by atoms with van der Waals surface area (Å²) in [4.78, 5) is 2.21. The number of rotatable bonds is 6. The van der Waals surface area contributed by atoms with E-state index in [0.29, 0.717) is 6.04 Å². The van der Waals surface area contributed by atoms with Crippen molar-refractivity contribution in [3.63, 3.8) is 0 Å². The molecule has 2 unspecified atom stereocenters. The molecule has 0 bridgehead atoms. The first-order valence-electron chi connectivity index (χ1n) is 7.01. The predicted molar refractivity (Wildman–Crippen MR) is 82.5 cm³/mol. The molecule has 2 rings (SSSR count). The van der Waals surface area contributed by atoms with E-state index in [2.05, 4.69) is 72.7 Å². The molecular formula is C16H24N4. The second-order valence-electron chi connectivity index (χ2n) is 5.49. The molecule has 0 aliphatic heterocycles. The van der Waals surface area contributed by atoms with Gasteiger partial charge in [-0.1, -0.05) is 30.3 Å². The highest BCUT2D eigenvalue weighted by Gasteiger charge is 2.17. The highest BCUT2D eigenvalue weighted by atomic mass is 15.3. The quantitative estimate of drug-likeness (QED) is 0.876. The predicted octanol–water partition coefficient (Wildman–Crippen LogP) is 2.37. The summed E-state index contributed by atoms with van der Waals surface area (Å²) < 4.78 is 1.93. The van der Waals surface area contributed by atoms with Crippen LogP contribution in [0.25, 0.3) is 0 Å². The summed E-state index contributed by atoms with van der Waals surface area (Å²) in [7, 11) is 6.19. The van der Waals surface area contributed by atoms with Crippen molar-refractivity contribution in [3.05, 3.63) is 53.9 Å². The zero-order valence-electron chi connectivity index (χ0n) is 12.7. The maximum absolute atomic E-state index is 4.24. The van der Waals surface area contributed by atoms with Crippen LogP contribution in [0.1, 0.15) is 30.3 Å². The number of nitrogens with one attached hydrogen (secondary N) is 1. The van der Waals surface area contributed by atoms with E-state index in [1.807, 2.05) is 17.9 Å². The molecule has 0 radical (unpaired) electrons. The molecule has 4 nitrogen and oxygen atoms in total. The molecule has 1 aromatic heterocycles. The first-order valence-corrected chi connectivity index (χ1v) is 7.01. The molecule has 20 heavy (non-hydrogen) atoms. The van der Waals surface area contributed by atoms with Crippen LogP contribution in [-0.2, 0) is 7.05 Å². The van der Waals surface area contributed by atoms with Crippen molar-refractivity contribution in [1.82, 2.24) is 20.0 Å². The summed E-state index contributed by atoms with van der Waals surface area (Å²) in [5, 5.41) is 7.95. The van der Waals surface area contributed by atoms with Crippen LogP contribution >= 0.6 is 0 Å². The first-order chi connectivity index (χ1) is 9.58. The SMILES string of the molecule is CC(NC(CN(C)C)c1ccccc1)c1ccnn1C. The van der Waals surface area contributed by atoms with Gasteiger partial charge in [0, 0.05) is 31.9 Å². The monoisotopic (exact) mass is 272 g/mol. The van der Waals surface area contributed by atoms with Crippen LogP contribution in [0, 0.1) is 0 Å². The van der Waals surface area contributed by atoms with E-state index in [4.69, 9.17) is 0 Å². The Morgan fingerprint density at radius 1 is 1.20 bits per heavy atom. The van der Waals surface area contributed by atoms with Gasteiger partial charge in [-0.3, -0.25) is 4.68 Å². The van der Waals surface area contributed by atoms with E-state index in [9.17, 15) is 0 Å². The summed E-state index contributed by atoms with van der Waals surface area (Å²) in [5.74, 6) is 0. The van der Waals surface area contributed by atoms with Crippen molar-refractivity contribution in [1.29, 1.82) is 0 Å². The summed E-state index contributed by atoms with van der Waals surface area (Å²) in [6.07, 6.45) is 1.84. The number of hydrogen-bond acceptors (Lipinski definition) is 3. The van der Waals surface area contributed by atoms with Gasteiger partial charge in [0.15, 0.2) is 0 Å². The molecule has 1 heterocycles. The van der Waals surface area contributed by atoms with Crippen LogP contribution < -0.4 is 5.32 Å². The molecule has 0 amide bonds. The average molecular weight is 272 g/mol. The summed E-state index contributed by atoms with van der Waals surface area (Å²) in [6.45, 7) is 3.15. The Bertz CT molecular complexity index is 518. The Morgan fingerprint density at radius 3 is 2.45 bits per heavy atom. The highest BCUT2D eigenvalue weighted by molar-refractivity contribution is 5.20. The topological polar surface area (TPSA) is 33.1 Å². The minimum Gasteiger partial charge on any atom is -0.308 e. The molecule has 4 heteroatoms. The molecule has 0 aliphatic rings. The Kier molecular flexibility index (Phi) is 4.93. The molecule has 0 aliphatic carbocycles. The van der Waals surface area contributed by atoms with Crippen molar-refractivity contribution in [3.8, 4) is 0 Å². The van der Waals surface area contributed by atoms with Crippen molar-refractivity contribution in [2.24, 2.45) is 7.05 Å². The van der Waals surface area contributed by atoms with E-state index >= 15 is 0 Å². The van der Waals surface area contributed by atoms with Gasteiger partial charge in [0.05, 0.1) is 5.69 Å².